The first kappa shape index (κ1) is 17.6. The van der Waals surface area contributed by atoms with E-state index in [1.54, 1.807) is 6.20 Å². The lowest BCUT2D eigenvalue weighted by Gasteiger charge is -2.35. The van der Waals surface area contributed by atoms with Crippen LogP contribution in [0.1, 0.15) is 5.69 Å². The largest absolute Gasteiger partial charge is 0.468 e. The van der Waals surface area contributed by atoms with Crippen molar-refractivity contribution in [2.75, 3.05) is 50.1 Å². The third-order valence-electron chi connectivity index (χ3n) is 4.25. The summed E-state index contributed by atoms with van der Waals surface area (Å²) in [6.45, 7) is 3.69. The highest BCUT2D eigenvalue weighted by molar-refractivity contribution is 5.71. The maximum atomic E-state index is 11.4. The lowest BCUT2D eigenvalue weighted by Crippen LogP contribution is -2.48. The molecular formula is C18H20N6O2. The van der Waals surface area contributed by atoms with E-state index in [4.69, 9.17) is 10.00 Å². The maximum Gasteiger partial charge on any atom is 0.319 e. The van der Waals surface area contributed by atoms with Gasteiger partial charge in [-0.1, -0.05) is 0 Å². The summed E-state index contributed by atoms with van der Waals surface area (Å²) >= 11 is 0. The number of nitrogens with one attached hydrogen (secondary N) is 1. The molecule has 0 bridgehead atoms. The molecule has 8 nitrogen and oxygen atoms in total. The van der Waals surface area contributed by atoms with E-state index in [1.165, 1.54) is 13.3 Å². The maximum absolute atomic E-state index is 11.4. The van der Waals surface area contributed by atoms with Crippen LogP contribution in [-0.2, 0) is 9.53 Å². The predicted molar refractivity (Wildman–Crippen MR) is 97.1 cm³/mol. The lowest BCUT2D eigenvalue weighted by atomic mass is 10.2. The Bertz CT molecular complexity index is 794. The minimum Gasteiger partial charge on any atom is -0.468 e. The van der Waals surface area contributed by atoms with Gasteiger partial charge in [0.1, 0.15) is 6.07 Å². The van der Waals surface area contributed by atoms with Gasteiger partial charge in [0.05, 0.1) is 13.7 Å². The van der Waals surface area contributed by atoms with Gasteiger partial charge in [0.15, 0.2) is 11.5 Å². The van der Waals surface area contributed by atoms with Crippen LogP contribution in [0, 0.1) is 11.3 Å². The molecule has 1 aromatic carbocycles. The van der Waals surface area contributed by atoms with Crippen molar-refractivity contribution in [3.8, 4) is 6.07 Å². The fraction of sp³-hybridized carbons (Fsp3) is 0.333. The normalized spacial score (nSPS) is 14.5. The number of esters is 1. The van der Waals surface area contributed by atoms with Crippen molar-refractivity contribution in [2.45, 2.75) is 0 Å². The van der Waals surface area contributed by atoms with Crippen LogP contribution in [0.4, 0.5) is 17.2 Å². The second-order valence-electron chi connectivity index (χ2n) is 5.88. The summed E-state index contributed by atoms with van der Waals surface area (Å²) < 4.78 is 4.71. The number of hydrogen-bond donors (Lipinski definition) is 1. The van der Waals surface area contributed by atoms with Crippen LogP contribution >= 0.6 is 0 Å². The van der Waals surface area contributed by atoms with E-state index in [0.29, 0.717) is 12.4 Å². The number of methoxy groups -OCH3 is 1. The van der Waals surface area contributed by atoms with Gasteiger partial charge in [-0.05, 0) is 24.3 Å². The molecule has 1 aliphatic heterocycles. The van der Waals surface area contributed by atoms with Gasteiger partial charge in [0.25, 0.3) is 0 Å². The number of aromatic nitrogens is 2. The Morgan fingerprint density at radius 2 is 1.88 bits per heavy atom. The third-order valence-corrected chi connectivity index (χ3v) is 4.25. The topological polar surface area (TPSA) is 94.4 Å². The number of carbonyl (C=O) groups excluding carboxylic acids is 1. The van der Waals surface area contributed by atoms with E-state index in [-0.39, 0.29) is 11.7 Å². The van der Waals surface area contributed by atoms with Crippen LogP contribution in [0.2, 0.25) is 0 Å². The minimum atomic E-state index is -0.199. The van der Waals surface area contributed by atoms with Gasteiger partial charge in [-0.2, -0.15) is 5.26 Å². The highest BCUT2D eigenvalue weighted by Crippen LogP contribution is 2.22. The molecule has 1 fully saturated rings. The van der Waals surface area contributed by atoms with Crippen LogP contribution in [0.3, 0.4) is 0 Å². The molecule has 1 aliphatic rings. The average Bonchev–Trinajstić information content (AvgIpc) is 2.69. The van der Waals surface area contributed by atoms with E-state index in [9.17, 15) is 4.79 Å². The highest BCUT2D eigenvalue weighted by Gasteiger charge is 2.19. The molecule has 0 radical (unpaired) electrons. The number of hydrogen-bond acceptors (Lipinski definition) is 8. The summed E-state index contributed by atoms with van der Waals surface area (Å²) in [7, 11) is 1.41. The predicted octanol–water partition coefficient (Wildman–Crippen LogP) is 1.39. The molecule has 26 heavy (non-hydrogen) atoms. The average molecular weight is 352 g/mol. The SMILES string of the molecule is COC(=O)CN1CCN(c2ccc(Nc3nccnc3C#N)cc2)CC1. The van der Waals surface area contributed by atoms with E-state index < -0.39 is 0 Å². The van der Waals surface area contributed by atoms with Gasteiger partial charge in [-0.3, -0.25) is 9.69 Å². The molecule has 0 amide bonds. The molecule has 2 aromatic rings. The van der Waals surface area contributed by atoms with Crippen LogP contribution in [0.25, 0.3) is 0 Å². The first-order valence-corrected chi connectivity index (χ1v) is 8.32. The molecule has 0 unspecified atom stereocenters. The zero-order chi connectivity index (χ0) is 18.4. The molecule has 0 aliphatic carbocycles. The number of ether oxygens (including phenoxy) is 1. The highest BCUT2D eigenvalue weighted by atomic mass is 16.5. The second-order valence-corrected chi connectivity index (χ2v) is 5.88. The number of carbonyl (C=O) groups is 1. The van der Waals surface area contributed by atoms with E-state index in [0.717, 1.165) is 37.6 Å². The van der Waals surface area contributed by atoms with Crippen molar-refractivity contribution in [1.29, 1.82) is 5.26 Å². The zero-order valence-corrected chi connectivity index (χ0v) is 14.6. The van der Waals surface area contributed by atoms with Crippen LogP contribution in [-0.4, -0.2) is 60.7 Å². The summed E-state index contributed by atoms with van der Waals surface area (Å²) in [5.41, 5.74) is 2.22. The first-order chi connectivity index (χ1) is 12.7. The summed E-state index contributed by atoms with van der Waals surface area (Å²) in [5.74, 6) is 0.244. The summed E-state index contributed by atoms with van der Waals surface area (Å²) in [6, 6.07) is 9.98. The number of nitrogens with zero attached hydrogens (tertiary/aromatic N) is 5. The number of rotatable bonds is 5. The Morgan fingerprint density at radius 1 is 1.19 bits per heavy atom. The lowest BCUT2D eigenvalue weighted by molar-refractivity contribution is -0.142. The first-order valence-electron chi connectivity index (χ1n) is 8.32. The summed E-state index contributed by atoms with van der Waals surface area (Å²) in [4.78, 5) is 23.9. The molecule has 1 N–H and O–H groups in total. The molecule has 0 saturated carbocycles. The summed E-state index contributed by atoms with van der Waals surface area (Å²) in [5, 5.41) is 12.2. The molecule has 3 rings (SSSR count). The van der Waals surface area contributed by atoms with Crippen LogP contribution < -0.4 is 10.2 Å². The quantitative estimate of drug-likeness (QED) is 0.807. The van der Waals surface area contributed by atoms with Gasteiger partial charge in [-0.15, -0.1) is 0 Å². The molecule has 0 atom stereocenters. The monoisotopic (exact) mass is 352 g/mol. The number of piperazine rings is 1. The molecule has 134 valence electrons. The van der Waals surface area contributed by atoms with Crippen molar-refractivity contribution < 1.29 is 9.53 Å². The Hall–Kier alpha value is -3.18. The van der Waals surface area contributed by atoms with Crippen molar-refractivity contribution in [3.63, 3.8) is 0 Å². The Labute approximate surface area is 152 Å². The van der Waals surface area contributed by atoms with Gasteiger partial charge in [0, 0.05) is 49.9 Å². The van der Waals surface area contributed by atoms with Gasteiger partial charge in [-0.25, -0.2) is 9.97 Å². The standard InChI is InChI=1S/C18H20N6O2/c1-26-17(25)13-23-8-10-24(11-9-23)15-4-2-14(3-5-15)22-18-16(12-19)20-6-7-21-18/h2-7H,8-11,13H2,1H3,(H,21,22). The number of anilines is 3. The Morgan fingerprint density at radius 3 is 2.54 bits per heavy atom. The molecule has 8 heteroatoms. The smallest absolute Gasteiger partial charge is 0.319 e. The molecular weight excluding hydrogens is 332 g/mol. The van der Waals surface area contributed by atoms with Crippen molar-refractivity contribution in [3.05, 3.63) is 42.4 Å². The van der Waals surface area contributed by atoms with Gasteiger partial charge in [0.2, 0.25) is 0 Å². The Balaban J connectivity index is 1.59. The number of nitriles is 1. The fourth-order valence-corrected chi connectivity index (χ4v) is 2.81. The summed E-state index contributed by atoms with van der Waals surface area (Å²) in [6.07, 6.45) is 3.04. The molecule has 1 aromatic heterocycles. The molecule has 0 spiro atoms. The van der Waals surface area contributed by atoms with Crippen molar-refractivity contribution in [1.82, 2.24) is 14.9 Å². The van der Waals surface area contributed by atoms with Gasteiger partial charge >= 0.3 is 5.97 Å². The minimum absolute atomic E-state index is 0.199. The third kappa shape index (κ3) is 4.26. The fourth-order valence-electron chi connectivity index (χ4n) is 2.81. The van der Waals surface area contributed by atoms with E-state index in [1.807, 2.05) is 30.3 Å². The molecule has 1 saturated heterocycles. The van der Waals surface area contributed by atoms with Crippen molar-refractivity contribution >= 4 is 23.2 Å². The number of benzene rings is 1. The van der Waals surface area contributed by atoms with Gasteiger partial charge < -0.3 is 15.0 Å². The van der Waals surface area contributed by atoms with Crippen LogP contribution in [0.5, 0.6) is 0 Å². The second kappa shape index (κ2) is 8.27. The Kier molecular flexibility index (Phi) is 5.61. The van der Waals surface area contributed by atoms with Crippen molar-refractivity contribution in [2.24, 2.45) is 0 Å². The van der Waals surface area contributed by atoms with E-state index in [2.05, 4.69) is 25.1 Å². The molecule has 2 heterocycles. The zero-order valence-electron chi connectivity index (χ0n) is 14.6. The van der Waals surface area contributed by atoms with E-state index >= 15 is 0 Å². The van der Waals surface area contributed by atoms with Crippen LogP contribution in [0.15, 0.2) is 36.7 Å².